The Labute approximate surface area is 121 Å². The first-order valence-corrected chi connectivity index (χ1v) is 7.40. The molecular formula is C16H24N4. The first-order chi connectivity index (χ1) is 9.63. The number of nitrogens with zero attached hydrogens (tertiary/aromatic N) is 3. The Kier molecular flexibility index (Phi) is 4.90. The normalized spacial score (nSPS) is 11.2. The van der Waals surface area contributed by atoms with Gasteiger partial charge in [0, 0.05) is 18.4 Å². The van der Waals surface area contributed by atoms with Crippen LogP contribution in [0.25, 0.3) is 5.82 Å². The van der Waals surface area contributed by atoms with Gasteiger partial charge in [-0.25, -0.2) is 9.67 Å². The third-order valence-corrected chi connectivity index (χ3v) is 3.30. The van der Waals surface area contributed by atoms with Gasteiger partial charge in [0.1, 0.15) is 0 Å². The van der Waals surface area contributed by atoms with Gasteiger partial charge in [-0.3, -0.25) is 0 Å². The Morgan fingerprint density at radius 1 is 1.25 bits per heavy atom. The monoisotopic (exact) mass is 272 g/mol. The smallest absolute Gasteiger partial charge is 0.153 e. The number of hydrogen-bond acceptors (Lipinski definition) is 3. The van der Waals surface area contributed by atoms with E-state index in [1.54, 1.807) is 0 Å². The summed E-state index contributed by atoms with van der Waals surface area (Å²) in [5.41, 5.74) is 3.47. The first kappa shape index (κ1) is 14.7. The molecule has 0 aliphatic heterocycles. The number of pyridine rings is 1. The molecule has 0 atom stereocenters. The van der Waals surface area contributed by atoms with Crippen molar-refractivity contribution in [2.45, 2.75) is 46.6 Å². The maximum absolute atomic E-state index is 4.68. The van der Waals surface area contributed by atoms with Crippen LogP contribution in [-0.4, -0.2) is 21.3 Å². The zero-order chi connectivity index (χ0) is 14.5. The molecule has 20 heavy (non-hydrogen) atoms. The summed E-state index contributed by atoms with van der Waals surface area (Å²) in [5, 5.41) is 7.97. The largest absolute Gasteiger partial charge is 0.313 e. The molecule has 0 amide bonds. The molecule has 0 bridgehead atoms. The molecule has 0 aromatic carbocycles. The zero-order valence-corrected chi connectivity index (χ0v) is 12.8. The Morgan fingerprint density at radius 2 is 2.05 bits per heavy atom. The molecular weight excluding hydrogens is 248 g/mol. The van der Waals surface area contributed by atoms with Gasteiger partial charge in [-0.05, 0) is 42.6 Å². The zero-order valence-electron chi connectivity index (χ0n) is 12.8. The van der Waals surface area contributed by atoms with Crippen LogP contribution in [0.4, 0.5) is 0 Å². The van der Waals surface area contributed by atoms with Crippen molar-refractivity contribution < 1.29 is 0 Å². The van der Waals surface area contributed by atoms with Crippen molar-refractivity contribution in [3.05, 3.63) is 41.3 Å². The van der Waals surface area contributed by atoms with Crippen molar-refractivity contribution in [3.63, 3.8) is 0 Å². The van der Waals surface area contributed by atoms with Crippen LogP contribution >= 0.6 is 0 Å². The Bertz CT molecular complexity index is 557. The topological polar surface area (TPSA) is 42.7 Å². The lowest BCUT2D eigenvalue weighted by molar-refractivity contribution is 0.717. The van der Waals surface area contributed by atoms with Crippen LogP contribution in [0.3, 0.4) is 0 Å². The summed E-state index contributed by atoms with van der Waals surface area (Å²) in [6, 6.07) is 6.34. The minimum atomic E-state index is 0.437. The number of hydrogen-bond donors (Lipinski definition) is 1. The number of rotatable bonds is 6. The summed E-state index contributed by atoms with van der Waals surface area (Å²) < 4.78 is 1.88. The Morgan fingerprint density at radius 3 is 2.65 bits per heavy atom. The molecule has 0 unspecified atom stereocenters. The van der Waals surface area contributed by atoms with Crippen molar-refractivity contribution in [2.24, 2.45) is 0 Å². The van der Waals surface area contributed by atoms with E-state index in [1.807, 2.05) is 10.9 Å². The Hall–Kier alpha value is -1.68. The molecule has 0 spiro atoms. The molecule has 4 heteroatoms. The van der Waals surface area contributed by atoms with Crippen molar-refractivity contribution in [1.29, 1.82) is 0 Å². The summed E-state index contributed by atoms with van der Waals surface area (Å²) in [6.45, 7) is 10.4. The van der Waals surface area contributed by atoms with Crippen LogP contribution in [-0.2, 0) is 13.0 Å². The maximum atomic E-state index is 4.68. The molecule has 0 aliphatic rings. The molecule has 108 valence electrons. The lowest BCUT2D eigenvalue weighted by Crippen LogP contribution is -2.13. The summed E-state index contributed by atoms with van der Waals surface area (Å²) in [4.78, 5) is 4.68. The lowest BCUT2D eigenvalue weighted by atomic mass is 10.1. The quantitative estimate of drug-likeness (QED) is 0.879. The molecule has 2 heterocycles. The van der Waals surface area contributed by atoms with Crippen LogP contribution in [0.2, 0.25) is 0 Å². The van der Waals surface area contributed by atoms with Crippen LogP contribution in [0.5, 0.6) is 0 Å². The minimum Gasteiger partial charge on any atom is -0.313 e. The molecule has 2 aromatic rings. The van der Waals surface area contributed by atoms with E-state index in [1.165, 1.54) is 5.56 Å². The van der Waals surface area contributed by atoms with Crippen molar-refractivity contribution in [3.8, 4) is 5.82 Å². The van der Waals surface area contributed by atoms with Crippen LogP contribution in [0, 0.1) is 0 Å². The second kappa shape index (κ2) is 6.66. The summed E-state index contributed by atoms with van der Waals surface area (Å²) in [7, 11) is 0. The van der Waals surface area contributed by atoms with Gasteiger partial charge in [-0.1, -0.05) is 27.7 Å². The molecule has 0 radical (unpaired) electrons. The molecule has 0 saturated heterocycles. The van der Waals surface area contributed by atoms with Gasteiger partial charge in [0.05, 0.1) is 5.69 Å². The van der Waals surface area contributed by atoms with Gasteiger partial charge in [0.2, 0.25) is 0 Å². The fourth-order valence-corrected chi connectivity index (χ4v) is 2.08. The predicted octanol–water partition coefficient (Wildman–Crippen LogP) is 3.06. The van der Waals surface area contributed by atoms with Gasteiger partial charge < -0.3 is 5.32 Å². The van der Waals surface area contributed by atoms with E-state index in [4.69, 9.17) is 0 Å². The first-order valence-electron chi connectivity index (χ1n) is 7.40. The summed E-state index contributed by atoms with van der Waals surface area (Å²) in [5.74, 6) is 1.34. The second-order valence-corrected chi connectivity index (χ2v) is 5.30. The fourth-order valence-electron chi connectivity index (χ4n) is 2.08. The SMILES string of the molecule is CCNCc1cc(CC)nc(-n2ccc(C(C)C)n2)c1. The van der Waals surface area contributed by atoms with Crippen molar-refractivity contribution >= 4 is 0 Å². The van der Waals surface area contributed by atoms with E-state index < -0.39 is 0 Å². The average Bonchev–Trinajstić information content (AvgIpc) is 2.94. The van der Waals surface area contributed by atoms with Crippen molar-refractivity contribution in [1.82, 2.24) is 20.1 Å². The highest BCUT2D eigenvalue weighted by atomic mass is 15.3. The standard InChI is InChI=1S/C16H24N4/c1-5-14-9-13(11-17-6-2)10-16(18-14)20-8-7-15(19-20)12(3)4/h7-10,12,17H,5-6,11H2,1-4H3. The molecule has 2 rings (SSSR count). The number of aromatic nitrogens is 3. The fraction of sp³-hybridized carbons (Fsp3) is 0.500. The van der Waals surface area contributed by atoms with E-state index in [2.05, 4.69) is 61.3 Å². The third kappa shape index (κ3) is 3.45. The van der Waals surface area contributed by atoms with Crippen LogP contribution in [0.15, 0.2) is 24.4 Å². The molecule has 4 nitrogen and oxygen atoms in total. The highest BCUT2D eigenvalue weighted by molar-refractivity contribution is 5.31. The second-order valence-electron chi connectivity index (χ2n) is 5.30. The predicted molar refractivity (Wildman–Crippen MR) is 82.2 cm³/mol. The van der Waals surface area contributed by atoms with E-state index in [-0.39, 0.29) is 0 Å². The van der Waals surface area contributed by atoms with E-state index in [0.717, 1.165) is 36.7 Å². The van der Waals surface area contributed by atoms with Crippen molar-refractivity contribution in [2.75, 3.05) is 6.54 Å². The number of nitrogens with one attached hydrogen (secondary N) is 1. The van der Waals surface area contributed by atoms with E-state index in [0.29, 0.717) is 5.92 Å². The summed E-state index contributed by atoms with van der Waals surface area (Å²) in [6.07, 6.45) is 2.93. The molecule has 0 saturated carbocycles. The molecule has 2 aromatic heterocycles. The third-order valence-electron chi connectivity index (χ3n) is 3.30. The molecule has 0 aliphatic carbocycles. The van der Waals surface area contributed by atoms with Gasteiger partial charge in [0.15, 0.2) is 5.82 Å². The van der Waals surface area contributed by atoms with Crippen LogP contribution < -0.4 is 5.32 Å². The molecule has 1 N–H and O–H groups in total. The van der Waals surface area contributed by atoms with Gasteiger partial charge in [-0.2, -0.15) is 5.10 Å². The lowest BCUT2D eigenvalue weighted by Gasteiger charge is -2.09. The van der Waals surface area contributed by atoms with Gasteiger partial charge >= 0.3 is 0 Å². The average molecular weight is 272 g/mol. The number of aryl methyl sites for hydroxylation is 1. The highest BCUT2D eigenvalue weighted by Gasteiger charge is 2.08. The van der Waals surface area contributed by atoms with Gasteiger partial charge in [-0.15, -0.1) is 0 Å². The maximum Gasteiger partial charge on any atom is 0.153 e. The highest BCUT2D eigenvalue weighted by Crippen LogP contribution is 2.15. The Balaban J connectivity index is 2.33. The summed E-state index contributed by atoms with van der Waals surface area (Å²) >= 11 is 0. The van der Waals surface area contributed by atoms with E-state index in [9.17, 15) is 0 Å². The van der Waals surface area contributed by atoms with Gasteiger partial charge in [0.25, 0.3) is 0 Å². The minimum absolute atomic E-state index is 0.437. The van der Waals surface area contributed by atoms with Crippen LogP contribution in [0.1, 0.15) is 50.6 Å². The van der Waals surface area contributed by atoms with E-state index >= 15 is 0 Å². The molecule has 0 fully saturated rings.